The van der Waals surface area contributed by atoms with Gasteiger partial charge in [-0.25, -0.2) is 0 Å². The van der Waals surface area contributed by atoms with Crippen LogP contribution in [0, 0.1) is 22.5 Å². The van der Waals surface area contributed by atoms with Gasteiger partial charge >= 0.3 is 5.97 Å². The lowest BCUT2D eigenvalue weighted by atomic mass is 9.85. The Labute approximate surface area is 122 Å². The van der Waals surface area contributed by atoms with Gasteiger partial charge in [0.2, 0.25) is 5.91 Å². The molecule has 0 heterocycles. The summed E-state index contributed by atoms with van der Waals surface area (Å²) in [6.45, 7) is 5.03. The Kier molecular flexibility index (Phi) is 5.02. The molecular formula is C14H18N2O5. The van der Waals surface area contributed by atoms with Gasteiger partial charge < -0.3 is 10.4 Å². The number of nitrogens with one attached hydrogen (secondary N) is 1. The summed E-state index contributed by atoms with van der Waals surface area (Å²) in [4.78, 5) is 33.1. The van der Waals surface area contributed by atoms with Gasteiger partial charge in [0.1, 0.15) is 5.69 Å². The number of carboxylic acids is 1. The highest BCUT2D eigenvalue weighted by atomic mass is 16.6. The van der Waals surface area contributed by atoms with Crippen LogP contribution in [0.15, 0.2) is 18.2 Å². The first-order valence-electron chi connectivity index (χ1n) is 6.37. The summed E-state index contributed by atoms with van der Waals surface area (Å²) < 4.78 is 0. The van der Waals surface area contributed by atoms with Crippen molar-refractivity contribution in [1.29, 1.82) is 0 Å². The fourth-order valence-corrected chi connectivity index (χ4v) is 2.00. The van der Waals surface area contributed by atoms with Crippen LogP contribution in [0.2, 0.25) is 0 Å². The molecule has 0 atom stereocenters. The van der Waals surface area contributed by atoms with Gasteiger partial charge in [0.25, 0.3) is 5.69 Å². The number of hydrogen-bond acceptors (Lipinski definition) is 4. The summed E-state index contributed by atoms with van der Waals surface area (Å²) >= 11 is 0. The third-order valence-corrected chi connectivity index (χ3v) is 2.89. The molecule has 1 rings (SSSR count). The minimum atomic E-state index is -0.992. The molecule has 0 fully saturated rings. The second kappa shape index (κ2) is 6.34. The van der Waals surface area contributed by atoms with E-state index in [4.69, 9.17) is 5.11 Å². The average Bonchev–Trinajstić information content (AvgIpc) is 2.28. The Bertz CT molecular complexity index is 581. The van der Waals surface area contributed by atoms with Crippen molar-refractivity contribution in [2.45, 2.75) is 33.6 Å². The summed E-state index contributed by atoms with van der Waals surface area (Å²) in [6.07, 6.45) is -0.194. The van der Waals surface area contributed by atoms with Gasteiger partial charge in [-0.1, -0.05) is 19.9 Å². The van der Waals surface area contributed by atoms with Crippen molar-refractivity contribution in [3.63, 3.8) is 0 Å². The van der Waals surface area contributed by atoms with Crippen LogP contribution in [0.5, 0.6) is 0 Å². The summed E-state index contributed by atoms with van der Waals surface area (Å²) in [7, 11) is 0. The predicted octanol–water partition coefficient (Wildman–Crippen LogP) is 2.73. The van der Waals surface area contributed by atoms with Crippen LogP contribution < -0.4 is 5.32 Å². The number of aryl methyl sites for hydroxylation is 1. The summed E-state index contributed by atoms with van der Waals surface area (Å²) in [5.74, 6) is -1.44. The van der Waals surface area contributed by atoms with Crippen LogP contribution in [0.25, 0.3) is 0 Å². The standard InChI is InChI=1S/C14H18N2O5/c1-9-4-5-10(11(6-9)16(20)21)15-12(17)7-14(2,3)8-13(18)19/h4-6H,7-8H2,1-3H3,(H,15,17)(H,18,19). The number of carbonyl (C=O) groups excluding carboxylic acids is 1. The zero-order valence-corrected chi connectivity index (χ0v) is 12.2. The van der Waals surface area contributed by atoms with Crippen molar-refractivity contribution < 1.29 is 19.6 Å². The fourth-order valence-electron chi connectivity index (χ4n) is 2.00. The molecule has 7 nitrogen and oxygen atoms in total. The van der Waals surface area contributed by atoms with Crippen LogP contribution in [-0.4, -0.2) is 21.9 Å². The highest BCUT2D eigenvalue weighted by Gasteiger charge is 2.26. The highest BCUT2D eigenvalue weighted by Crippen LogP contribution is 2.28. The lowest BCUT2D eigenvalue weighted by Gasteiger charge is -2.21. The number of carboxylic acid groups (broad SMARTS) is 1. The lowest BCUT2D eigenvalue weighted by molar-refractivity contribution is -0.384. The number of aliphatic carboxylic acids is 1. The molecule has 1 aromatic rings. The normalized spacial score (nSPS) is 11.0. The number of carbonyl (C=O) groups is 2. The van der Waals surface area contributed by atoms with Gasteiger partial charge in [0, 0.05) is 12.5 Å². The molecule has 0 aliphatic heterocycles. The fraction of sp³-hybridized carbons (Fsp3) is 0.429. The molecular weight excluding hydrogens is 276 g/mol. The Morgan fingerprint density at radius 2 is 1.95 bits per heavy atom. The van der Waals surface area contributed by atoms with Crippen molar-refractivity contribution in [3.8, 4) is 0 Å². The number of hydrogen-bond donors (Lipinski definition) is 2. The zero-order valence-electron chi connectivity index (χ0n) is 12.2. The third-order valence-electron chi connectivity index (χ3n) is 2.89. The Hall–Kier alpha value is -2.44. The number of anilines is 1. The summed E-state index contributed by atoms with van der Waals surface area (Å²) in [6, 6.07) is 4.50. The number of rotatable bonds is 6. The number of amides is 1. The number of nitro benzene ring substituents is 1. The Morgan fingerprint density at radius 3 is 2.48 bits per heavy atom. The van der Waals surface area contributed by atoms with E-state index in [9.17, 15) is 19.7 Å². The topological polar surface area (TPSA) is 110 Å². The molecule has 21 heavy (non-hydrogen) atoms. The van der Waals surface area contributed by atoms with E-state index in [0.29, 0.717) is 5.56 Å². The maximum absolute atomic E-state index is 11.9. The molecule has 0 aliphatic rings. The highest BCUT2D eigenvalue weighted by molar-refractivity contribution is 5.93. The Balaban J connectivity index is 2.84. The molecule has 1 amide bonds. The molecule has 0 saturated heterocycles. The molecule has 0 aliphatic carbocycles. The molecule has 0 spiro atoms. The number of nitrogens with zero attached hydrogens (tertiary/aromatic N) is 1. The molecule has 0 radical (unpaired) electrons. The van der Waals surface area contributed by atoms with Crippen LogP contribution in [0.3, 0.4) is 0 Å². The Morgan fingerprint density at radius 1 is 1.33 bits per heavy atom. The van der Waals surface area contributed by atoms with E-state index in [2.05, 4.69) is 5.32 Å². The first kappa shape index (κ1) is 16.6. The minimum absolute atomic E-state index is 0.0374. The van der Waals surface area contributed by atoms with E-state index < -0.39 is 22.2 Å². The van der Waals surface area contributed by atoms with Gasteiger partial charge in [-0.15, -0.1) is 0 Å². The predicted molar refractivity (Wildman–Crippen MR) is 77.1 cm³/mol. The van der Waals surface area contributed by atoms with E-state index in [1.165, 1.54) is 12.1 Å². The molecule has 0 saturated carbocycles. The van der Waals surface area contributed by atoms with Crippen molar-refractivity contribution in [1.82, 2.24) is 0 Å². The smallest absolute Gasteiger partial charge is 0.303 e. The zero-order chi connectivity index (χ0) is 16.2. The van der Waals surface area contributed by atoms with Crippen molar-refractivity contribution in [3.05, 3.63) is 33.9 Å². The van der Waals surface area contributed by atoms with Crippen molar-refractivity contribution in [2.24, 2.45) is 5.41 Å². The molecule has 2 N–H and O–H groups in total. The van der Waals surface area contributed by atoms with E-state index >= 15 is 0 Å². The first-order chi connectivity index (χ1) is 9.60. The SMILES string of the molecule is Cc1ccc(NC(=O)CC(C)(C)CC(=O)O)c([N+](=O)[O-])c1. The third kappa shape index (κ3) is 5.21. The van der Waals surface area contributed by atoms with Gasteiger partial charge in [-0.3, -0.25) is 19.7 Å². The van der Waals surface area contributed by atoms with E-state index in [1.54, 1.807) is 26.8 Å². The molecule has 0 bridgehead atoms. The van der Waals surface area contributed by atoms with Gasteiger partial charge in [-0.2, -0.15) is 0 Å². The van der Waals surface area contributed by atoms with Gasteiger partial charge in [0.15, 0.2) is 0 Å². The van der Waals surface area contributed by atoms with Crippen LogP contribution in [0.4, 0.5) is 11.4 Å². The summed E-state index contributed by atoms with van der Waals surface area (Å²) in [5, 5.41) is 22.2. The lowest BCUT2D eigenvalue weighted by Crippen LogP contribution is -2.25. The minimum Gasteiger partial charge on any atom is -0.481 e. The van der Waals surface area contributed by atoms with Gasteiger partial charge in [0.05, 0.1) is 11.3 Å². The molecule has 0 unspecified atom stereocenters. The molecule has 1 aromatic carbocycles. The largest absolute Gasteiger partial charge is 0.481 e. The van der Waals surface area contributed by atoms with Crippen molar-refractivity contribution in [2.75, 3.05) is 5.32 Å². The monoisotopic (exact) mass is 294 g/mol. The molecule has 7 heteroatoms. The van der Waals surface area contributed by atoms with Crippen LogP contribution in [-0.2, 0) is 9.59 Å². The van der Waals surface area contributed by atoms with E-state index in [1.807, 2.05) is 0 Å². The van der Waals surface area contributed by atoms with Crippen LogP contribution in [0.1, 0.15) is 32.3 Å². The maximum atomic E-state index is 11.9. The van der Waals surface area contributed by atoms with Crippen LogP contribution >= 0.6 is 0 Å². The van der Waals surface area contributed by atoms with E-state index in [0.717, 1.165) is 0 Å². The number of nitro groups is 1. The molecule has 0 aromatic heterocycles. The molecule has 114 valence electrons. The maximum Gasteiger partial charge on any atom is 0.303 e. The first-order valence-corrected chi connectivity index (χ1v) is 6.37. The average molecular weight is 294 g/mol. The van der Waals surface area contributed by atoms with Crippen molar-refractivity contribution >= 4 is 23.3 Å². The number of benzene rings is 1. The quantitative estimate of drug-likeness (QED) is 0.619. The van der Waals surface area contributed by atoms with Gasteiger partial charge in [-0.05, 0) is 24.0 Å². The second-order valence-corrected chi connectivity index (χ2v) is 5.74. The van der Waals surface area contributed by atoms with E-state index in [-0.39, 0.29) is 24.2 Å². The second-order valence-electron chi connectivity index (χ2n) is 5.74. The summed E-state index contributed by atoms with van der Waals surface area (Å²) in [5.41, 5.74) is -0.0814.